The Bertz CT molecular complexity index is 1970. The summed E-state index contributed by atoms with van der Waals surface area (Å²) in [5.74, 6) is -0.845. The molecule has 3 unspecified atom stereocenters. The molecule has 0 radical (unpaired) electrons. The van der Waals surface area contributed by atoms with Gasteiger partial charge in [-0.05, 0) is 107 Å². The Hall–Kier alpha value is -5.02. The number of benzene rings is 2. The SMILES string of the molecule is Cc1cc(CCCCCC(=O)NC(C(=O)N2C[C@H](O)C[C@H]2C(=O)NC(C)c2ccc(-c3scnc3C)cc2)C(C)(C)C)cc(OCC(CCC(N)=O)NC(=O)OC(C)(C)C)c1. The number of primary amides is 1. The van der Waals surface area contributed by atoms with Crippen LogP contribution in [0.2, 0.25) is 0 Å². The number of amides is 5. The summed E-state index contributed by atoms with van der Waals surface area (Å²) in [6.45, 7) is 16.9. The summed E-state index contributed by atoms with van der Waals surface area (Å²) in [6, 6.07) is 11.3. The molecule has 1 fully saturated rings. The van der Waals surface area contributed by atoms with Crippen molar-refractivity contribution in [2.24, 2.45) is 11.1 Å². The van der Waals surface area contributed by atoms with E-state index < -0.39 is 53.2 Å². The largest absolute Gasteiger partial charge is 0.491 e. The molecule has 3 aromatic rings. The molecule has 4 rings (SSSR count). The maximum absolute atomic E-state index is 14.1. The van der Waals surface area contributed by atoms with Crippen LogP contribution < -0.4 is 26.4 Å². The number of carbonyl (C=O) groups is 5. The predicted molar refractivity (Wildman–Crippen MR) is 237 cm³/mol. The van der Waals surface area contributed by atoms with Crippen LogP contribution in [0.1, 0.15) is 122 Å². The second kappa shape index (κ2) is 21.7. The van der Waals surface area contributed by atoms with E-state index in [1.807, 2.05) is 83.5 Å². The zero-order valence-corrected chi connectivity index (χ0v) is 38.1. The number of hydrogen-bond acceptors (Lipinski definition) is 10. The van der Waals surface area contributed by atoms with E-state index in [1.165, 1.54) is 4.90 Å². The highest BCUT2D eigenvalue weighted by Gasteiger charge is 2.44. The number of aryl methyl sites for hydroxylation is 3. The molecule has 2 aromatic carbocycles. The van der Waals surface area contributed by atoms with E-state index in [-0.39, 0.29) is 50.3 Å². The molecule has 0 spiro atoms. The number of likely N-dealkylation sites (tertiary alicyclic amines) is 1. The third-order valence-corrected chi connectivity index (χ3v) is 11.4. The number of aliphatic hydroxyl groups excluding tert-OH is 1. The van der Waals surface area contributed by atoms with E-state index in [2.05, 4.69) is 27.0 Å². The molecule has 334 valence electrons. The molecule has 5 amide bonds. The Labute approximate surface area is 364 Å². The first-order valence-electron chi connectivity index (χ1n) is 21.2. The second-order valence-corrected chi connectivity index (χ2v) is 19.1. The topological polar surface area (TPSA) is 202 Å². The lowest BCUT2D eigenvalue weighted by Gasteiger charge is -2.35. The number of unbranched alkanes of at least 4 members (excludes halogenated alkanes) is 2. The van der Waals surface area contributed by atoms with Crippen LogP contribution in [0.25, 0.3) is 10.4 Å². The van der Waals surface area contributed by atoms with Crippen molar-refractivity contribution < 1.29 is 38.6 Å². The number of nitrogens with zero attached hydrogens (tertiary/aromatic N) is 2. The Balaban J connectivity index is 1.27. The first kappa shape index (κ1) is 48.6. The zero-order valence-electron chi connectivity index (χ0n) is 37.3. The molecule has 5 atom stereocenters. The zero-order chi connectivity index (χ0) is 45.1. The number of nitrogens with one attached hydrogen (secondary N) is 3. The van der Waals surface area contributed by atoms with E-state index in [9.17, 15) is 29.1 Å². The van der Waals surface area contributed by atoms with Gasteiger partial charge in [-0.1, -0.05) is 57.5 Å². The van der Waals surface area contributed by atoms with Crippen molar-refractivity contribution in [3.8, 4) is 16.2 Å². The molecule has 0 bridgehead atoms. The summed E-state index contributed by atoms with van der Waals surface area (Å²) >= 11 is 1.57. The molecule has 6 N–H and O–H groups in total. The average molecular weight is 863 g/mol. The standard InChI is InChI=1S/C46H66N6O8S/c1-28-21-31(23-36(22-28)59-26-34(19-20-38(47)54)50-44(58)60-46(7,8)9)13-11-10-12-14-39(55)51-41(45(4,5)6)43(57)52-25-35(53)24-37(52)42(56)49-29(2)32-15-17-33(18-16-32)40-30(3)48-27-61-40/h15-18,21-23,27,29,34-35,37,41,53H,10-14,19-20,24-26H2,1-9H3,(H2,47,54)(H,49,56)(H,50,58)(H,51,55)/t29?,34?,35-,37+,41?/m1/s1. The molecule has 0 aliphatic carbocycles. The van der Waals surface area contributed by atoms with Crippen LogP contribution in [0.4, 0.5) is 4.79 Å². The fraction of sp³-hybridized carbons (Fsp3) is 0.565. The lowest BCUT2D eigenvalue weighted by molar-refractivity contribution is -0.144. The highest BCUT2D eigenvalue weighted by Crippen LogP contribution is 2.30. The van der Waals surface area contributed by atoms with Crippen LogP contribution in [-0.4, -0.2) is 87.7 Å². The van der Waals surface area contributed by atoms with Crippen LogP contribution in [-0.2, 0) is 30.3 Å². The molecule has 1 aliphatic rings. The summed E-state index contributed by atoms with van der Waals surface area (Å²) in [5.41, 5.74) is 10.8. The third-order valence-electron chi connectivity index (χ3n) is 10.5. The van der Waals surface area contributed by atoms with E-state index >= 15 is 0 Å². The number of aromatic nitrogens is 1. The van der Waals surface area contributed by atoms with Crippen LogP contribution in [0, 0.1) is 19.3 Å². The van der Waals surface area contributed by atoms with Crippen molar-refractivity contribution in [3.63, 3.8) is 0 Å². The molecule has 14 nitrogen and oxygen atoms in total. The van der Waals surface area contributed by atoms with Gasteiger partial charge in [0.15, 0.2) is 0 Å². The van der Waals surface area contributed by atoms with Crippen molar-refractivity contribution in [2.75, 3.05) is 13.2 Å². The summed E-state index contributed by atoms with van der Waals surface area (Å²) in [5, 5.41) is 19.4. The van der Waals surface area contributed by atoms with Crippen LogP contribution in [0.5, 0.6) is 5.75 Å². The van der Waals surface area contributed by atoms with Crippen LogP contribution in [0.3, 0.4) is 0 Å². The van der Waals surface area contributed by atoms with Crippen LogP contribution >= 0.6 is 11.3 Å². The van der Waals surface area contributed by atoms with Gasteiger partial charge in [0.1, 0.15) is 30.0 Å². The van der Waals surface area contributed by atoms with Crippen molar-refractivity contribution in [3.05, 3.63) is 70.4 Å². The van der Waals surface area contributed by atoms with E-state index in [4.69, 9.17) is 15.2 Å². The summed E-state index contributed by atoms with van der Waals surface area (Å²) < 4.78 is 11.4. The van der Waals surface area contributed by atoms with Crippen molar-refractivity contribution >= 4 is 41.1 Å². The first-order valence-corrected chi connectivity index (χ1v) is 22.1. The number of alkyl carbamates (subject to hydrolysis) is 1. The molecule has 1 aliphatic heterocycles. The minimum absolute atomic E-state index is 0.00120. The number of aliphatic hydroxyl groups is 1. The van der Waals surface area contributed by atoms with E-state index in [1.54, 1.807) is 32.1 Å². The van der Waals surface area contributed by atoms with Gasteiger partial charge in [0, 0.05) is 25.8 Å². The second-order valence-electron chi connectivity index (χ2n) is 18.3. The Morgan fingerprint density at radius 1 is 0.951 bits per heavy atom. The Kier molecular flexibility index (Phi) is 17.3. The lowest BCUT2D eigenvalue weighted by atomic mass is 9.85. The quantitative estimate of drug-likeness (QED) is 0.0842. The predicted octanol–water partition coefficient (Wildman–Crippen LogP) is 6.44. The van der Waals surface area contributed by atoms with Gasteiger partial charge in [0.25, 0.3) is 0 Å². The maximum Gasteiger partial charge on any atom is 0.407 e. The van der Waals surface area contributed by atoms with Gasteiger partial charge in [0.05, 0.1) is 34.3 Å². The molecule has 0 saturated carbocycles. The highest BCUT2D eigenvalue weighted by atomic mass is 32.1. The van der Waals surface area contributed by atoms with Crippen molar-refractivity contribution in [2.45, 2.75) is 150 Å². The summed E-state index contributed by atoms with van der Waals surface area (Å²) in [7, 11) is 0. The number of thiazole rings is 1. The smallest absolute Gasteiger partial charge is 0.407 e. The van der Waals surface area contributed by atoms with Gasteiger partial charge < -0.3 is 41.2 Å². The van der Waals surface area contributed by atoms with Crippen molar-refractivity contribution in [1.29, 1.82) is 0 Å². The highest BCUT2D eigenvalue weighted by molar-refractivity contribution is 7.13. The minimum Gasteiger partial charge on any atom is -0.491 e. The Morgan fingerprint density at radius 2 is 1.66 bits per heavy atom. The number of carbonyl (C=O) groups excluding carboxylic acids is 5. The summed E-state index contributed by atoms with van der Waals surface area (Å²) in [4.78, 5) is 71.8. The Morgan fingerprint density at radius 3 is 2.28 bits per heavy atom. The fourth-order valence-electron chi connectivity index (χ4n) is 7.28. The van der Waals surface area contributed by atoms with Gasteiger partial charge in [-0.25, -0.2) is 9.78 Å². The summed E-state index contributed by atoms with van der Waals surface area (Å²) in [6.07, 6.45) is 2.20. The fourth-order valence-corrected chi connectivity index (χ4v) is 8.09. The van der Waals surface area contributed by atoms with Gasteiger partial charge in [-0.3, -0.25) is 19.2 Å². The number of hydrogen-bond donors (Lipinski definition) is 5. The van der Waals surface area contributed by atoms with Gasteiger partial charge in [-0.15, -0.1) is 11.3 Å². The molecule has 2 heterocycles. The average Bonchev–Trinajstić information content (AvgIpc) is 3.78. The number of nitrogens with two attached hydrogens (primary N) is 1. The number of ether oxygens (including phenoxy) is 2. The van der Waals surface area contributed by atoms with E-state index in [0.717, 1.165) is 52.1 Å². The number of rotatable bonds is 19. The van der Waals surface area contributed by atoms with Crippen LogP contribution in [0.15, 0.2) is 48.0 Å². The maximum atomic E-state index is 14.1. The normalized spacial score (nSPS) is 16.9. The van der Waals surface area contributed by atoms with Gasteiger partial charge in [0.2, 0.25) is 23.6 Å². The van der Waals surface area contributed by atoms with E-state index in [0.29, 0.717) is 18.6 Å². The molecular weight excluding hydrogens is 797 g/mol. The minimum atomic E-state index is -0.902. The number of β-amino-alcohol motifs (C(OH)–C–C–N with tert-alkyl or cyclic N) is 1. The van der Waals surface area contributed by atoms with Gasteiger partial charge in [-0.2, -0.15) is 0 Å². The monoisotopic (exact) mass is 862 g/mol. The van der Waals surface area contributed by atoms with Crippen molar-refractivity contribution in [1.82, 2.24) is 25.8 Å². The van der Waals surface area contributed by atoms with Gasteiger partial charge >= 0.3 is 6.09 Å². The lowest BCUT2D eigenvalue weighted by Crippen LogP contribution is -2.57. The molecule has 1 aromatic heterocycles. The third kappa shape index (κ3) is 15.4. The molecule has 15 heteroatoms. The molecule has 1 saturated heterocycles. The first-order chi connectivity index (χ1) is 28.6. The molecular formula is C46H66N6O8S. The molecule has 61 heavy (non-hydrogen) atoms.